The number of rotatable bonds is 5. The highest BCUT2D eigenvalue weighted by Crippen LogP contribution is 2.25. The highest BCUT2D eigenvalue weighted by Gasteiger charge is 2.12. The second kappa shape index (κ2) is 7.07. The van der Waals surface area contributed by atoms with Gasteiger partial charge in [0, 0.05) is 21.0 Å². The van der Waals surface area contributed by atoms with Gasteiger partial charge in [0.1, 0.15) is 0 Å². The molecular formula is C13H13BrCl2N2S. The molecular weight excluding hydrogens is 367 g/mol. The van der Waals surface area contributed by atoms with Gasteiger partial charge < -0.3 is 0 Å². The first-order valence-corrected chi connectivity index (χ1v) is 8.09. The molecule has 6 heteroatoms. The van der Waals surface area contributed by atoms with Crippen molar-refractivity contribution in [2.45, 2.75) is 18.9 Å². The number of benzene rings is 1. The minimum atomic E-state index is 0.143. The summed E-state index contributed by atoms with van der Waals surface area (Å²) in [6, 6.07) is 9.83. The van der Waals surface area contributed by atoms with Crippen LogP contribution in [-0.4, -0.2) is 6.04 Å². The molecule has 0 saturated heterocycles. The van der Waals surface area contributed by atoms with Gasteiger partial charge >= 0.3 is 0 Å². The molecule has 0 spiro atoms. The van der Waals surface area contributed by atoms with Gasteiger partial charge in [0.25, 0.3) is 0 Å². The standard InChI is InChI=1S/C13H13BrCl2N2S/c14-13-4-3-11(19-13)7-10(18-17)5-8-1-2-9(15)6-12(8)16/h1-4,6,10,18H,5,7,17H2. The second-order valence-electron chi connectivity index (χ2n) is 4.21. The summed E-state index contributed by atoms with van der Waals surface area (Å²) in [6.45, 7) is 0. The molecule has 19 heavy (non-hydrogen) atoms. The maximum absolute atomic E-state index is 6.18. The Labute approximate surface area is 135 Å². The van der Waals surface area contributed by atoms with Crippen molar-refractivity contribution in [2.24, 2.45) is 5.84 Å². The Kier molecular flexibility index (Phi) is 5.69. The summed E-state index contributed by atoms with van der Waals surface area (Å²) < 4.78 is 1.13. The third-order valence-electron chi connectivity index (χ3n) is 2.79. The minimum Gasteiger partial charge on any atom is -0.271 e. The number of hydrazine groups is 1. The number of thiophene rings is 1. The summed E-state index contributed by atoms with van der Waals surface area (Å²) in [5.74, 6) is 5.63. The van der Waals surface area contributed by atoms with Crippen LogP contribution >= 0.6 is 50.5 Å². The van der Waals surface area contributed by atoms with Crippen molar-refractivity contribution in [1.29, 1.82) is 0 Å². The van der Waals surface area contributed by atoms with E-state index in [0.29, 0.717) is 10.0 Å². The molecule has 1 atom stereocenters. The maximum atomic E-state index is 6.18. The SMILES string of the molecule is NNC(Cc1ccc(Br)s1)Cc1ccc(Cl)cc1Cl. The summed E-state index contributed by atoms with van der Waals surface area (Å²) in [5, 5.41) is 1.33. The zero-order valence-corrected chi connectivity index (χ0v) is 13.9. The van der Waals surface area contributed by atoms with E-state index >= 15 is 0 Å². The van der Waals surface area contributed by atoms with Crippen LogP contribution in [0.5, 0.6) is 0 Å². The monoisotopic (exact) mass is 378 g/mol. The fourth-order valence-corrected chi connectivity index (χ4v) is 3.90. The summed E-state index contributed by atoms with van der Waals surface area (Å²) in [6.07, 6.45) is 1.63. The molecule has 0 radical (unpaired) electrons. The lowest BCUT2D eigenvalue weighted by atomic mass is 10.0. The highest BCUT2D eigenvalue weighted by molar-refractivity contribution is 9.11. The van der Waals surface area contributed by atoms with E-state index in [1.807, 2.05) is 18.2 Å². The van der Waals surface area contributed by atoms with E-state index in [9.17, 15) is 0 Å². The molecule has 1 unspecified atom stereocenters. The quantitative estimate of drug-likeness (QED) is 0.595. The van der Waals surface area contributed by atoms with Crippen LogP contribution in [0.4, 0.5) is 0 Å². The van der Waals surface area contributed by atoms with Crippen molar-refractivity contribution in [1.82, 2.24) is 5.43 Å². The van der Waals surface area contributed by atoms with Gasteiger partial charge in [-0.15, -0.1) is 11.3 Å². The Morgan fingerprint density at radius 1 is 1.21 bits per heavy atom. The van der Waals surface area contributed by atoms with Crippen LogP contribution in [0.15, 0.2) is 34.1 Å². The predicted octanol–water partition coefficient (Wildman–Crippen LogP) is 4.43. The Morgan fingerprint density at radius 2 is 2.00 bits per heavy atom. The Bertz CT molecular complexity index is 559. The smallest absolute Gasteiger partial charge is 0.0701 e. The van der Waals surface area contributed by atoms with Gasteiger partial charge in [-0.2, -0.15) is 0 Å². The normalized spacial score (nSPS) is 12.6. The van der Waals surface area contributed by atoms with Crippen LogP contribution in [0.1, 0.15) is 10.4 Å². The molecule has 1 heterocycles. The average Bonchev–Trinajstić information content (AvgIpc) is 2.77. The number of nitrogens with two attached hydrogens (primary N) is 1. The number of nitrogens with one attached hydrogen (secondary N) is 1. The molecule has 0 aliphatic carbocycles. The van der Waals surface area contributed by atoms with E-state index in [1.165, 1.54) is 4.88 Å². The zero-order valence-electron chi connectivity index (χ0n) is 10.00. The predicted molar refractivity (Wildman–Crippen MR) is 87.0 cm³/mol. The molecule has 1 aromatic carbocycles. The van der Waals surface area contributed by atoms with Gasteiger partial charge in [-0.05, 0) is 58.6 Å². The van der Waals surface area contributed by atoms with Crippen molar-refractivity contribution in [3.8, 4) is 0 Å². The van der Waals surface area contributed by atoms with Crippen molar-refractivity contribution in [3.05, 3.63) is 54.6 Å². The molecule has 0 aliphatic heterocycles. The molecule has 2 nitrogen and oxygen atoms in total. The molecule has 0 saturated carbocycles. The molecule has 0 aliphatic rings. The van der Waals surface area contributed by atoms with Gasteiger partial charge in [-0.25, -0.2) is 0 Å². The molecule has 0 amide bonds. The van der Waals surface area contributed by atoms with Gasteiger partial charge in [0.2, 0.25) is 0 Å². The van der Waals surface area contributed by atoms with E-state index in [1.54, 1.807) is 17.4 Å². The largest absolute Gasteiger partial charge is 0.271 e. The van der Waals surface area contributed by atoms with Crippen LogP contribution in [0, 0.1) is 0 Å². The summed E-state index contributed by atoms with van der Waals surface area (Å²) in [5.41, 5.74) is 3.90. The summed E-state index contributed by atoms with van der Waals surface area (Å²) in [7, 11) is 0. The minimum absolute atomic E-state index is 0.143. The van der Waals surface area contributed by atoms with Gasteiger partial charge in [-0.1, -0.05) is 29.3 Å². The first-order chi connectivity index (χ1) is 9.08. The van der Waals surface area contributed by atoms with Gasteiger partial charge in [0.15, 0.2) is 0 Å². The molecule has 2 rings (SSSR count). The van der Waals surface area contributed by atoms with E-state index in [4.69, 9.17) is 29.0 Å². The average molecular weight is 380 g/mol. The van der Waals surface area contributed by atoms with Crippen LogP contribution in [0.25, 0.3) is 0 Å². The molecule has 102 valence electrons. The van der Waals surface area contributed by atoms with E-state index in [-0.39, 0.29) is 6.04 Å². The molecule has 0 bridgehead atoms. The lowest BCUT2D eigenvalue weighted by Gasteiger charge is -2.16. The Morgan fingerprint density at radius 3 is 2.58 bits per heavy atom. The second-order valence-corrected chi connectivity index (χ2v) is 7.60. The third kappa shape index (κ3) is 4.45. The molecule has 1 aromatic heterocycles. The van der Waals surface area contributed by atoms with Crippen molar-refractivity contribution in [3.63, 3.8) is 0 Å². The molecule has 3 N–H and O–H groups in total. The first kappa shape index (κ1) is 15.3. The van der Waals surface area contributed by atoms with E-state index in [0.717, 1.165) is 22.2 Å². The van der Waals surface area contributed by atoms with Crippen molar-refractivity contribution >= 4 is 50.5 Å². The lowest BCUT2D eigenvalue weighted by molar-refractivity contribution is 0.526. The number of hydrogen-bond acceptors (Lipinski definition) is 3. The van der Waals surface area contributed by atoms with Crippen molar-refractivity contribution in [2.75, 3.05) is 0 Å². The number of hydrogen-bond donors (Lipinski definition) is 2. The number of halogens is 3. The first-order valence-electron chi connectivity index (χ1n) is 5.72. The highest BCUT2D eigenvalue weighted by atomic mass is 79.9. The fraction of sp³-hybridized carbons (Fsp3) is 0.231. The van der Waals surface area contributed by atoms with E-state index in [2.05, 4.69) is 27.4 Å². The topological polar surface area (TPSA) is 38.0 Å². The van der Waals surface area contributed by atoms with Crippen LogP contribution in [0.2, 0.25) is 10.0 Å². The molecule has 2 aromatic rings. The zero-order chi connectivity index (χ0) is 13.8. The van der Waals surface area contributed by atoms with Gasteiger partial charge in [-0.3, -0.25) is 11.3 Å². The van der Waals surface area contributed by atoms with E-state index < -0.39 is 0 Å². The summed E-state index contributed by atoms with van der Waals surface area (Å²) >= 11 is 17.2. The van der Waals surface area contributed by atoms with Gasteiger partial charge in [0.05, 0.1) is 3.79 Å². The Hall–Kier alpha value is -0.100. The lowest BCUT2D eigenvalue weighted by Crippen LogP contribution is -2.38. The van der Waals surface area contributed by atoms with Crippen LogP contribution < -0.4 is 11.3 Å². The van der Waals surface area contributed by atoms with Crippen molar-refractivity contribution < 1.29 is 0 Å². The molecule has 0 fully saturated rings. The van der Waals surface area contributed by atoms with Crippen LogP contribution in [-0.2, 0) is 12.8 Å². The fourth-order valence-electron chi connectivity index (χ4n) is 1.85. The van der Waals surface area contributed by atoms with Crippen LogP contribution in [0.3, 0.4) is 0 Å². The maximum Gasteiger partial charge on any atom is 0.0701 e. The third-order valence-corrected chi connectivity index (χ3v) is 5.03. The Balaban J connectivity index is 2.06. The summed E-state index contributed by atoms with van der Waals surface area (Å²) in [4.78, 5) is 1.28.